The lowest BCUT2D eigenvalue weighted by molar-refractivity contribution is -0.120. The van der Waals surface area contributed by atoms with Crippen LogP contribution in [0.5, 0.6) is 0 Å². The van der Waals surface area contributed by atoms with Crippen LogP contribution >= 0.6 is 0 Å². The SMILES string of the molecule is Cc1ccccc1CNC(=O)CNCc1ccco1. The van der Waals surface area contributed by atoms with Gasteiger partial charge < -0.3 is 15.1 Å². The van der Waals surface area contributed by atoms with E-state index in [0.29, 0.717) is 13.1 Å². The van der Waals surface area contributed by atoms with Crippen molar-refractivity contribution in [3.8, 4) is 0 Å². The van der Waals surface area contributed by atoms with Gasteiger partial charge in [-0.1, -0.05) is 24.3 Å². The quantitative estimate of drug-likeness (QED) is 0.833. The number of carbonyl (C=O) groups is 1. The Bertz CT molecular complexity index is 521. The second-order valence-corrected chi connectivity index (χ2v) is 4.39. The van der Waals surface area contributed by atoms with Crippen LogP contribution in [-0.2, 0) is 17.9 Å². The molecule has 0 radical (unpaired) electrons. The Hall–Kier alpha value is -2.07. The Balaban J connectivity index is 1.69. The van der Waals surface area contributed by atoms with Crippen LogP contribution in [0.3, 0.4) is 0 Å². The average molecular weight is 258 g/mol. The first kappa shape index (κ1) is 13.4. The van der Waals surface area contributed by atoms with Crippen LogP contribution in [0.25, 0.3) is 0 Å². The molecule has 2 aromatic rings. The van der Waals surface area contributed by atoms with Crippen LogP contribution in [0.1, 0.15) is 16.9 Å². The number of carbonyl (C=O) groups excluding carboxylic acids is 1. The monoisotopic (exact) mass is 258 g/mol. The molecule has 1 aromatic heterocycles. The molecule has 2 N–H and O–H groups in total. The van der Waals surface area contributed by atoms with Gasteiger partial charge in [0, 0.05) is 6.54 Å². The molecule has 0 aliphatic carbocycles. The van der Waals surface area contributed by atoms with Gasteiger partial charge >= 0.3 is 0 Å². The lowest BCUT2D eigenvalue weighted by Crippen LogP contribution is -2.33. The zero-order chi connectivity index (χ0) is 13.5. The summed E-state index contributed by atoms with van der Waals surface area (Å²) in [5, 5.41) is 5.92. The van der Waals surface area contributed by atoms with E-state index in [2.05, 4.69) is 10.6 Å². The smallest absolute Gasteiger partial charge is 0.234 e. The highest BCUT2D eigenvalue weighted by molar-refractivity contribution is 5.77. The molecule has 0 aliphatic heterocycles. The third kappa shape index (κ3) is 4.26. The maximum atomic E-state index is 11.7. The van der Waals surface area contributed by atoms with Crippen LogP contribution in [0.4, 0.5) is 0 Å². The lowest BCUT2D eigenvalue weighted by Gasteiger charge is -2.08. The van der Waals surface area contributed by atoms with Gasteiger partial charge in [0.2, 0.25) is 5.91 Å². The van der Waals surface area contributed by atoms with Crippen molar-refractivity contribution in [3.05, 3.63) is 59.5 Å². The van der Waals surface area contributed by atoms with E-state index in [0.717, 1.165) is 11.3 Å². The summed E-state index contributed by atoms with van der Waals surface area (Å²) < 4.78 is 5.17. The normalized spacial score (nSPS) is 10.4. The minimum Gasteiger partial charge on any atom is -0.468 e. The number of hydrogen-bond donors (Lipinski definition) is 2. The van der Waals surface area contributed by atoms with Crippen LogP contribution in [0.15, 0.2) is 47.1 Å². The van der Waals surface area contributed by atoms with E-state index in [-0.39, 0.29) is 12.5 Å². The molecule has 0 atom stereocenters. The van der Waals surface area contributed by atoms with E-state index < -0.39 is 0 Å². The third-order valence-corrected chi connectivity index (χ3v) is 2.90. The lowest BCUT2D eigenvalue weighted by atomic mass is 10.1. The largest absolute Gasteiger partial charge is 0.468 e. The third-order valence-electron chi connectivity index (χ3n) is 2.90. The predicted molar refractivity (Wildman–Crippen MR) is 73.4 cm³/mol. The molecule has 1 heterocycles. The van der Waals surface area contributed by atoms with Crippen molar-refractivity contribution in [2.24, 2.45) is 0 Å². The first-order valence-electron chi connectivity index (χ1n) is 6.30. The van der Waals surface area contributed by atoms with Crippen LogP contribution in [0, 0.1) is 6.92 Å². The standard InChI is InChI=1S/C15H18N2O2/c1-12-5-2-3-6-13(12)9-17-15(18)11-16-10-14-7-4-8-19-14/h2-8,16H,9-11H2,1H3,(H,17,18). The van der Waals surface area contributed by atoms with Gasteiger partial charge in [0.15, 0.2) is 0 Å². The minimum atomic E-state index is -0.0187. The van der Waals surface area contributed by atoms with Crippen molar-refractivity contribution >= 4 is 5.91 Å². The number of amides is 1. The first-order chi connectivity index (χ1) is 9.25. The van der Waals surface area contributed by atoms with E-state index in [1.807, 2.05) is 43.3 Å². The van der Waals surface area contributed by atoms with Crippen LogP contribution < -0.4 is 10.6 Å². The number of rotatable bonds is 6. The highest BCUT2D eigenvalue weighted by Gasteiger charge is 2.03. The summed E-state index contributed by atoms with van der Waals surface area (Å²) in [6, 6.07) is 11.7. The summed E-state index contributed by atoms with van der Waals surface area (Å²) in [4.78, 5) is 11.7. The molecule has 4 nitrogen and oxygen atoms in total. The van der Waals surface area contributed by atoms with Gasteiger partial charge in [-0.2, -0.15) is 0 Å². The molecule has 4 heteroatoms. The van der Waals surface area contributed by atoms with Crippen molar-refractivity contribution in [1.82, 2.24) is 10.6 Å². The highest BCUT2D eigenvalue weighted by atomic mass is 16.3. The first-order valence-corrected chi connectivity index (χ1v) is 6.30. The summed E-state index contributed by atoms with van der Waals surface area (Å²) in [6.07, 6.45) is 1.62. The van der Waals surface area contributed by atoms with Crippen LogP contribution in [-0.4, -0.2) is 12.5 Å². The van der Waals surface area contributed by atoms with E-state index >= 15 is 0 Å². The maximum absolute atomic E-state index is 11.7. The van der Waals surface area contributed by atoms with Crippen molar-refractivity contribution < 1.29 is 9.21 Å². The van der Waals surface area contributed by atoms with Gasteiger partial charge in [0.05, 0.1) is 19.4 Å². The van der Waals surface area contributed by atoms with Crippen LogP contribution in [0.2, 0.25) is 0 Å². The number of aryl methyl sites for hydroxylation is 1. The molecular weight excluding hydrogens is 240 g/mol. The molecule has 0 saturated carbocycles. The molecule has 0 bridgehead atoms. The topological polar surface area (TPSA) is 54.3 Å². The number of furan rings is 1. The fourth-order valence-electron chi connectivity index (χ4n) is 1.78. The summed E-state index contributed by atoms with van der Waals surface area (Å²) in [6.45, 7) is 3.45. The molecule has 0 unspecified atom stereocenters. The number of benzene rings is 1. The fourth-order valence-corrected chi connectivity index (χ4v) is 1.78. The summed E-state index contributed by atoms with van der Waals surface area (Å²) in [5.74, 6) is 0.807. The second-order valence-electron chi connectivity index (χ2n) is 4.39. The molecule has 100 valence electrons. The molecule has 0 fully saturated rings. The van der Waals surface area contributed by atoms with E-state index in [1.54, 1.807) is 6.26 Å². The molecule has 1 amide bonds. The van der Waals surface area contributed by atoms with E-state index in [4.69, 9.17) is 4.42 Å². The van der Waals surface area contributed by atoms with Gasteiger partial charge in [0.1, 0.15) is 5.76 Å². The summed E-state index contributed by atoms with van der Waals surface area (Å²) in [5.41, 5.74) is 2.33. The molecule has 1 aromatic carbocycles. The predicted octanol–water partition coefficient (Wildman–Crippen LogP) is 1.99. The number of hydrogen-bond acceptors (Lipinski definition) is 3. The zero-order valence-corrected chi connectivity index (χ0v) is 11.0. The van der Waals surface area contributed by atoms with Crippen molar-refractivity contribution in [2.45, 2.75) is 20.0 Å². The van der Waals surface area contributed by atoms with Crippen molar-refractivity contribution in [3.63, 3.8) is 0 Å². The summed E-state index contributed by atoms with van der Waals surface area (Å²) >= 11 is 0. The molecule has 0 spiro atoms. The summed E-state index contributed by atoms with van der Waals surface area (Å²) in [7, 11) is 0. The second kappa shape index (κ2) is 6.75. The van der Waals surface area contributed by atoms with Gasteiger partial charge in [-0.3, -0.25) is 4.79 Å². The molecule has 0 saturated heterocycles. The van der Waals surface area contributed by atoms with Gasteiger partial charge in [-0.05, 0) is 30.2 Å². The average Bonchev–Trinajstić information content (AvgIpc) is 2.91. The maximum Gasteiger partial charge on any atom is 0.234 e. The fraction of sp³-hybridized carbons (Fsp3) is 0.267. The highest BCUT2D eigenvalue weighted by Crippen LogP contribution is 2.05. The Morgan fingerprint density at radius 1 is 1.16 bits per heavy atom. The Morgan fingerprint density at radius 2 is 2.00 bits per heavy atom. The number of nitrogens with one attached hydrogen (secondary N) is 2. The minimum absolute atomic E-state index is 0.0187. The van der Waals surface area contributed by atoms with E-state index in [1.165, 1.54) is 5.56 Å². The van der Waals surface area contributed by atoms with Gasteiger partial charge in [0.25, 0.3) is 0 Å². The Labute approximate surface area is 112 Å². The Kier molecular flexibility index (Phi) is 4.75. The van der Waals surface area contributed by atoms with Crippen molar-refractivity contribution in [2.75, 3.05) is 6.54 Å². The van der Waals surface area contributed by atoms with Gasteiger partial charge in [-0.15, -0.1) is 0 Å². The Morgan fingerprint density at radius 3 is 2.74 bits per heavy atom. The molecule has 19 heavy (non-hydrogen) atoms. The zero-order valence-electron chi connectivity index (χ0n) is 11.0. The van der Waals surface area contributed by atoms with Gasteiger partial charge in [-0.25, -0.2) is 0 Å². The molecule has 0 aliphatic rings. The van der Waals surface area contributed by atoms with Crippen molar-refractivity contribution in [1.29, 1.82) is 0 Å². The van der Waals surface area contributed by atoms with E-state index in [9.17, 15) is 4.79 Å². The molecular formula is C15H18N2O2. The molecule has 2 rings (SSSR count).